The van der Waals surface area contributed by atoms with Crippen LogP contribution < -0.4 is 0 Å². The molecule has 7 heteroatoms. The van der Waals surface area contributed by atoms with Crippen LogP contribution in [0, 0.1) is 17.8 Å². The summed E-state index contributed by atoms with van der Waals surface area (Å²) in [5.74, 6) is -1.94. The maximum atomic E-state index is 12.7. The van der Waals surface area contributed by atoms with Crippen molar-refractivity contribution in [3.8, 4) is 5.75 Å². The second-order valence-corrected chi connectivity index (χ2v) is 9.49. The number of aliphatic hydroxyl groups excluding tert-OH is 2. The minimum atomic E-state index is -0.803. The van der Waals surface area contributed by atoms with Gasteiger partial charge in [0.05, 0.1) is 29.6 Å². The van der Waals surface area contributed by atoms with Crippen molar-refractivity contribution in [1.82, 2.24) is 4.90 Å². The van der Waals surface area contributed by atoms with E-state index in [4.69, 9.17) is 11.6 Å². The summed E-state index contributed by atoms with van der Waals surface area (Å²) in [5.41, 5.74) is 3.65. The SMILES string of the molecule is CCC/C(=C\c1ccc(O)cc1Cl)CC[C@@H](O)C1=C(CC)C[C@H]2C(=O)N(C)C(=O)[C@H]2[C@H]1CO. The number of fused-ring (bicyclic) bond motifs is 1. The normalized spacial score (nSPS) is 24.5. The molecule has 33 heavy (non-hydrogen) atoms. The minimum Gasteiger partial charge on any atom is -0.508 e. The zero-order chi connectivity index (χ0) is 24.3. The van der Waals surface area contributed by atoms with Gasteiger partial charge < -0.3 is 15.3 Å². The zero-order valence-corrected chi connectivity index (χ0v) is 20.3. The molecule has 1 aromatic rings. The van der Waals surface area contributed by atoms with Gasteiger partial charge in [-0.05, 0) is 61.4 Å². The van der Waals surface area contributed by atoms with Gasteiger partial charge in [0, 0.05) is 13.0 Å². The van der Waals surface area contributed by atoms with E-state index in [1.165, 1.54) is 18.0 Å². The van der Waals surface area contributed by atoms with Gasteiger partial charge in [0.1, 0.15) is 5.75 Å². The Labute approximate surface area is 200 Å². The molecule has 6 nitrogen and oxygen atoms in total. The van der Waals surface area contributed by atoms with Crippen LogP contribution in [0.5, 0.6) is 5.75 Å². The van der Waals surface area contributed by atoms with Crippen LogP contribution >= 0.6 is 11.6 Å². The molecule has 1 heterocycles. The van der Waals surface area contributed by atoms with Crippen LogP contribution in [0.1, 0.15) is 57.9 Å². The summed E-state index contributed by atoms with van der Waals surface area (Å²) in [6, 6.07) is 4.87. The number of aliphatic hydroxyl groups is 2. The number of carbonyl (C=O) groups is 2. The van der Waals surface area contributed by atoms with Gasteiger partial charge in [0.15, 0.2) is 0 Å². The quantitative estimate of drug-likeness (QED) is 0.365. The first-order valence-corrected chi connectivity index (χ1v) is 12.1. The van der Waals surface area contributed by atoms with Crippen LogP contribution in [0.4, 0.5) is 0 Å². The molecule has 1 aliphatic heterocycles. The second-order valence-electron chi connectivity index (χ2n) is 9.09. The highest BCUT2D eigenvalue weighted by atomic mass is 35.5. The number of nitrogens with zero attached hydrogens (tertiary/aromatic N) is 1. The third-order valence-electron chi connectivity index (χ3n) is 7.04. The lowest BCUT2D eigenvalue weighted by Gasteiger charge is -2.36. The Morgan fingerprint density at radius 1 is 1.24 bits per heavy atom. The molecule has 0 saturated carbocycles. The van der Waals surface area contributed by atoms with Crippen molar-refractivity contribution in [2.75, 3.05) is 13.7 Å². The summed E-state index contributed by atoms with van der Waals surface area (Å²) < 4.78 is 0. The van der Waals surface area contributed by atoms with E-state index in [1.807, 2.05) is 13.0 Å². The number of rotatable bonds is 9. The van der Waals surface area contributed by atoms with E-state index < -0.39 is 23.9 Å². The summed E-state index contributed by atoms with van der Waals surface area (Å²) in [4.78, 5) is 26.5. The molecule has 0 spiro atoms. The predicted molar refractivity (Wildman–Crippen MR) is 129 cm³/mol. The molecule has 0 radical (unpaired) electrons. The van der Waals surface area contributed by atoms with Gasteiger partial charge in [-0.2, -0.15) is 0 Å². The number of phenols is 1. The molecule has 2 amide bonds. The van der Waals surface area contributed by atoms with Crippen molar-refractivity contribution in [1.29, 1.82) is 0 Å². The lowest BCUT2D eigenvalue weighted by Crippen LogP contribution is -2.39. The number of allylic oxidation sites excluding steroid dienone is 2. The molecule has 1 fully saturated rings. The van der Waals surface area contributed by atoms with Gasteiger partial charge in [-0.1, -0.05) is 49.1 Å². The number of carbonyl (C=O) groups excluding carboxylic acids is 2. The Bertz CT molecular complexity index is 969. The molecule has 4 atom stereocenters. The van der Waals surface area contributed by atoms with Gasteiger partial charge in [-0.3, -0.25) is 14.5 Å². The fourth-order valence-electron chi connectivity index (χ4n) is 5.38. The van der Waals surface area contributed by atoms with Crippen molar-refractivity contribution in [2.45, 2.75) is 58.5 Å². The molecule has 1 aromatic carbocycles. The van der Waals surface area contributed by atoms with E-state index >= 15 is 0 Å². The Kier molecular flexibility index (Phi) is 8.38. The van der Waals surface area contributed by atoms with Gasteiger partial charge in [-0.15, -0.1) is 0 Å². The smallest absolute Gasteiger partial charge is 0.233 e. The third-order valence-corrected chi connectivity index (χ3v) is 7.37. The largest absolute Gasteiger partial charge is 0.508 e. The van der Waals surface area contributed by atoms with E-state index in [1.54, 1.807) is 12.1 Å². The maximum Gasteiger partial charge on any atom is 0.233 e. The van der Waals surface area contributed by atoms with Crippen LogP contribution in [0.25, 0.3) is 6.08 Å². The van der Waals surface area contributed by atoms with E-state index in [0.29, 0.717) is 30.7 Å². The second kappa shape index (κ2) is 10.9. The molecular formula is C26H34ClNO5. The number of aromatic hydroxyl groups is 1. The van der Waals surface area contributed by atoms with Crippen molar-refractivity contribution < 1.29 is 24.9 Å². The first kappa shape index (κ1) is 25.5. The fraction of sp³-hybridized carbons (Fsp3) is 0.538. The number of likely N-dealkylation sites (tertiary alicyclic amines) is 1. The lowest BCUT2D eigenvalue weighted by molar-refractivity contribution is -0.138. The molecule has 2 aliphatic rings. The van der Waals surface area contributed by atoms with Gasteiger partial charge in [0.25, 0.3) is 0 Å². The van der Waals surface area contributed by atoms with Gasteiger partial charge in [0.2, 0.25) is 11.8 Å². The summed E-state index contributed by atoms with van der Waals surface area (Å²) in [6.45, 7) is 3.80. The molecule has 3 rings (SSSR count). The van der Waals surface area contributed by atoms with Crippen molar-refractivity contribution >= 4 is 29.5 Å². The average molecular weight is 476 g/mol. The van der Waals surface area contributed by atoms with Crippen LogP contribution in [-0.2, 0) is 9.59 Å². The first-order valence-electron chi connectivity index (χ1n) is 11.7. The van der Waals surface area contributed by atoms with Crippen molar-refractivity contribution in [2.24, 2.45) is 17.8 Å². The minimum absolute atomic E-state index is 0.111. The molecule has 0 bridgehead atoms. The molecule has 1 aliphatic carbocycles. The molecule has 0 unspecified atom stereocenters. The number of hydrogen-bond donors (Lipinski definition) is 3. The van der Waals surface area contributed by atoms with Crippen LogP contribution in [0.15, 0.2) is 34.9 Å². The van der Waals surface area contributed by atoms with Crippen molar-refractivity contribution in [3.05, 3.63) is 45.5 Å². The topological polar surface area (TPSA) is 98.1 Å². The number of benzene rings is 1. The molecule has 1 saturated heterocycles. The fourth-order valence-corrected chi connectivity index (χ4v) is 5.61. The van der Waals surface area contributed by atoms with E-state index in [-0.39, 0.29) is 24.2 Å². The Hall–Kier alpha value is -2.15. The van der Waals surface area contributed by atoms with Crippen LogP contribution in [0.2, 0.25) is 5.02 Å². The number of phenolic OH excluding ortho intramolecular Hbond substituents is 1. The highest BCUT2D eigenvalue weighted by Gasteiger charge is 2.53. The lowest BCUT2D eigenvalue weighted by atomic mass is 9.67. The van der Waals surface area contributed by atoms with E-state index in [2.05, 4.69) is 6.92 Å². The number of imide groups is 1. The predicted octanol–water partition coefficient (Wildman–Crippen LogP) is 4.32. The monoisotopic (exact) mass is 475 g/mol. The molecule has 3 N–H and O–H groups in total. The highest BCUT2D eigenvalue weighted by Crippen LogP contribution is 2.46. The number of hydrogen-bond acceptors (Lipinski definition) is 5. The standard InChI is InChI=1S/C26H34ClNO5/c1-4-6-15(11-17-8-9-18(30)13-21(17)27)7-10-22(31)23-16(5-2)12-19-24(20(23)14-29)26(33)28(3)25(19)32/h8-9,11,13,19-20,22,24,29-31H,4-7,10,12,14H2,1-3H3/b15-11+/t19-,20+,22-,24-/m1/s1. The van der Waals surface area contributed by atoms with Gasteiger partial charge >= 0.3 is 0 Å². The molecular weight excluding hydrogens is 442 g/mol. The summed E-state index contributed by atoms with van der Waals surface area (Å²) in [6.07, 6.45) is 5.18. The van der Waals surface area contributed by atoms with Crippen LogP contribution in [-0.4, -0.2) is 51.8 Å². The van der Waals surface area contributed by atoms with E-state index in [0.717, 1.165) is 35.1 Å². The van der Waals surface area contributed by atoms with Crippen LogP contribution in [0.3, 0.4) is 0 Å². The highest BCUT2D eigenvalue weighted by molar-refractivity contribution is 6.32. The molecule has 0 aromatic heterocycles. The Morgan fingerprint density at radius 3 is 2.58 bits per heavy atom. The average Bonchev–Trinajstić information content (AvgIpc) is 3.01. The van der Waals surface area contributed by atoms with Crippen molar-refractivity contribution in [3.63, 3.8) is 0 Å². The number of amides is 2. The summed E-state index contributed by atoms with van der Waals surface area (Å²) >= 11 is 6.27. The Balaban J connectivity index is 1.84. The summed E-state index contributed by atoms with van der Waals surface area (Å²) in [5, 5.41) is 31.5. The summed E-state index contributed by atoms with van der Waals surface area (Å²) in [7, 11) is 1.50. The number of halogens is 1. The Morgan fingerprint density at radius 2 is 1.97 bits per heavy atom. The van der Waals surface area contributed by atoms with E-state index in [9.17, 15) is 24.9 Å². The molecule has 180 valence electrons. The maximum absolute atomic E-state index is 12.7. The first-order chi connectivity index (χ1) is 15.7. The zero-order valence-electron chi connectivity index (χ0n) is 19.6. The third kappa shape index (κ3) is 5.18. The van der Waals surface area contributed by atoms with Gasteiger partial charge in [-0.25, -0.2) is 0 Å².